The predicted molar refractivity (Wildman–Crippen MR) is 112 cm³/mol. The van der Waals surface area contributed by atoms with Gasteiger partial charge >= 0.3 is 0 Å². The van der Waals surface area contributed by atoms with Gasteiger partial charge in [0.25, 0.3) is 5.91 Å². The van der Waals surface area contributed by atoms with Crippen molar-refractivity contribution in [1.82, 2.24) is 20.1 Å². The molecule has 2 aliphatic rings. The topological polar surface area (TPSA) is 77.7 Å². The molecule has 29 heavy (non-hydrogen) atoms. The number of amides is 2. The predicted octanol–water partition coefficient (Wildman–Crippen LogP) is 1.86. The summed E-state index contributed by atoms with van der Waals surface area (Å²) in [4.78, 5) is 32.5. The maximum atomic E-state index is 12.8. The Hall–Kier alpha value is -2.38. The van der Waals surface area contributed by atoms with E-state index in [0.29, 0.717) is 37.7 Å². The van der Waals surface area contributed by atoms with E-state index in [-0.39, 0.29) is 11.8 Å². The molecule has 1 aromatic heterocycles. The van der Waals surface area contributed by atoms with Gasteiger partial charge in [0, 0.05) is 56.6 Å². The molecule has 2 saturated heterocycles. The number of para-hydroxylation sites is 1. The van der Waals surface area contributed by atoms with Gasteiger partial charge in [-0.2, -0.15) is 0 Å². The molecule has 0 saturated carbocycles. The van der Waals surface area contributed by atoms with Crippen molar-refractivity contribution in [2.24, 2.45) is 5.92 Å². The van der Waals surface area contributed by atoms with Crippen LogP contribution in [0.25, 0.3) is 10.9 Å². The van der Waals surface area contributed by atoms with Gasteiger partial charge in [0.05, 0.1) is 13.2 Å². The average molecular weight is 399 g/mol. The van der Waals surface area contributed by atoms with Crippen molar-refractivity contribution in [3.8, 4) is 0 Å². The molecule has 1 aromatic carbocycles. The van der Waals surface area contributed by atoms with Crippen LogP contribution in [0.3, 0.4) is 0 Å². The van der Waals surface area contributed by atoms with Crippen molar-refractivity contribution < 1.29 is 14.3 Å². The number of hydrogen-bond acceptors (Lipinski definition) is 4. The van der Waals surface area contributed by atoms with Crippen LogP contribution in [0.5, 0.6) is 0 Å². The van der Waals surface area contributed by atoms with E-state index in [1.165, 1.54) is 0 Å². The molecule has 0 aliphatic carbocycles. The lowest BCUT2D eigenvalue weighted by Gasteiger charge is -2.31. The van der Waals surface area contributed by atoms with Gasteiger partial charge in [0.15, 0.2) is 0 Å². The van der Waals surface area contributed by atoms with Gasteiger partial charge in [-0.05, 0) is 30.9 Å². The molecule has 7 nitrogen and oxygen atoms in total. The summed E-state index contributed by atoms with van der Waals surface area (Å²) in [6, 6.07) is 9.85. The SMILES string of the molecule is O=C(CC1CCN(C(=O)c2cc3ccccc3[nH]2)CC1)NCCN1CCOCC1. The van der Waals surface area contributed by atoms with Crippen LogP contribution in [0.2, 0.25) is 0 Å². The number of nitrogens with one attached hydrogen (secondary N) is 2. The number of carbonyl (C=O) groups is 2. The molecule has 0 unspecified atom stereocenters. The second-order valence-corrected chi connectivity index (χ2v) is 8.01. The summed E-state index contributed by atoms with van der Waals surface area (Å²) in [5, 5.41) is 4.10. The van der Waals surface area contributed by atoms with Crippen LogP contribution in [0, 0.1) is 5.92 Å². The van der Waals surface area contributed by atoms with E-state index < -0.39 is 0 Å². The van der Waals surface area contributed by atoms with Crippen LogP contribution in [0.1, 0.15) is 29.8 Å². The number of carbonyl (C=O) groups excluding carboxylic acids is 2. The highest BCUT2D eigenvalue weighted by Gasteiger charge is 2.26. The van der Waals surface area contributed by atoms with E-state index in [0.717, 1.165) is 56.6 Å². The molecule has 2 fully saturated rings. The number of morpholine rings is 1. The highest BCUT2D eigenvalue weighted by molar-refractivity contribution is 5.98. The van der Waals surface area contributed by atoms with Crippen molar-refractivity contribution in [3.05, 3.63) is 36.0 Å². The Morgan fingerprint density at radius 1 is 1.10 bits per heavy atom. The lowest BCUT2D eigenvalue weighted by molar-refractivity contribution is -0.122. The van der Waals surface area contributed by atoms with Crippen LogP contribution in [0.4, 0.5) is 0 Å². The normalized spacial score (nSPS) is 18.8. The van der Waals surface area contributed by atoms with Crippen molar-refractivity contribution in [2.75, 3.05) is 52.5 Å². The molecular weight excluding hydrogens is 368 g/mol. The Labute approximate surface area is 171 Å². The minimum Gasteiger partial charge on any atom is -0.379 e. The Morgan fingerprint density at radius 3 is 2.62 bits per heavy atom. The Morgan fingerprint density at radius 2 is 1.86 bits per heavy atom. The summed E-state index contributed by atoms with van der Waals surface area (Å²) >= 11 is 0. The monoisotopic (exact) mass is 398 g/mol. The van der Waals surface area contributed by atoms with Crippen LogP contribution in [0.15, 0.2) is 30.3 Å². The third-order valence-corrected chi connectivity index (χ3v) is 5.99. The van der Waals surface area contributed by atoms with E-state index in [2.05, 4.69) is 15.2 Å². The molecule has 0 atom stereocenters. The highest BCUT2D eigenvalue weighted by Crippen LogP contribution is 2.23. The molecule has 2 aliphatic heterocycles. The van der Waals surface area contributed by atoms with E-state index in [9.17, 15) is 9.59 Å². The maximum absolute atomic E-state index is 12.8. The molecule has 0 spiro atoms. The summed E-state index contributed by atoms with van der Waals surface area (Å²) in [6.07, 6.45) is 2.31. The zero-order valence-electron chi connectivity index (χ0n) is 16.9. The van der Waals surface area contributed by atoms with Crippen LogP contribution in [-0.2, 0) is 9.53 Å². The van der Waals surface area contributed by atoms with E-state index >= 15 is 0 Å². The number of benzene rings is 1. The molecule has 2 aromatic rings. The fourth-order valence-corrected chi connectivity index (χ4v) is 4.21. The van der Waals surface area contributed by atoms with Gasteiger partial charge in [-0.3, -0.25) is 14.5 Å². The zero-order valence-corrected chi connectivity index (χ0v) is 16.9. The summed E-state index contributed by atoms with van der Waals surface area (Å²) in [5.74, 6) is 0.526. The molecule has 4 rings (SSSR count). The van der Waals surface area contributed by atoms with Crippen LogP contribution >= 0.6 is 0 Å². The first kappa shape index (κ1) is 19.9. The summed E-state index contributed by atoms with van der Waals surface area (Å²) in [5.41, 5.74) is 1.63. The van der Waals surface area contributed by atoms with Crippen LogP contribution < -0.4 is 5.32 Å². The molecule has 7 heteroatoms. The molecule has 2 amide bonds. The number of aromatic amines is 1. The molecular formula is C22H30N4O3. The number of fused-ring (bicyclic) bond motifs is 1. The zero-order chi connectivity index (χ0) is 20.1. The average Bonchev–Trinajstić information content (AvgIpc) is 3.19. The number of H-pyrrole nitrogens is 1. The van der Waals surface area contributed by atoms with Gasteiger partial charge in [-0.15, -0.1) is 0 Å². The summed E-state index contributed by atoms with van der Waals surface area (Å²) in [7, 11) is 0. The number of aromatic nitrogens is 1. The minimum atomic E-state index is 0.0506. The minimum absolute atomic E-state index is 0.0506. The smallest absolute Gasteiger partial charge is 0.270 e. The number of rotatable bonds is 6. The van der Waals surface area contributed by atoms with E-state index in [1.54, 1.807) is 0 Å². The first-order valence-corrected chi connectivity index (χ1v) is 10.6. The standard InChI is InChI=1S/C22H30N4O3/c27-21(23-7-10-25-11-13-29-14-12-25)15-17-5-8-26(9-6-17)22(28)20-16-18-3-1-2-4-19(18)24-20/h1-4,16-17,24H,5-15H2,(H,23,27). The molecule has 3 heterocycles. The Kier molecular flexibility index (Phi) is 6.46. The third-order valence-electron chi connectivity index (χ3n) is 5.99. The Balaban J connectivity index is 1.18. The fourth-order valence-electron chi connectivity index (χ4n) is 4.21. The van der Waals surface area contributed by atoms with Gasteiger partial charge in [-0.1, -0.05) is 18.2 Å². The molecule has 2 N–H and O–H groups in total. The fraction of sp³-hybridized carbons (Fsp3) is 0.545. The van der Waals surface area contributed by atoms with Gasteiger partial charge in [0.2, 0.25) is 5.91 Å². The largest absolute Gasteiger partial charge is 0.379 e. The van der Waals surface area contributed by atoms with Gasteiger partial charge < -0.3 is 19.9 Å². The number of nitrogens with zero attached hydrogens (tertiary/aromatic N) is 2. The second-order valence-electron chi connectivity index (χ2n) is 8.01. The van der Waals surface area contributed by atoms with Crippen molar-refractivity contribution in [3.63, 3.8) is 0 Å². The Bertz CT molecular complexity index is 802. The number of ether oxygens (including phenoxy) is 1. The van der Waals surface area contributed by atoms with Gasteiger partial charge in [-0.25, -0.2) is 0 Å². The lowest BCUT2D eigenvalue weighted by atomic mass is 9.93. The van der Waals surface area contributed by atoms with Crippen molar-refractivity contribution in [2.45, 2.75) is 19.3 Å². The number of hydrogen-bond donors (Lipinski definition) is 2. The quantitative estimate of drug-likeness (QED) is 0.779. The molecule has 0 bridgehead atoms. The third kappa shape index (κ3) is 5.16. The van der Waals surface area contributed by atoms with Crippen molar-refractivity contribution in [1.29, 1.82) is 0 Å². The highest BCUT2D eigenvalue weighted by atomic mass is 16.5. The van der Waals surface area contributed by atoms with Gasteiger partial charge in [0.1, 0.15) is 5.69 Å². The van der Waals surface area contributed by atoms with E-state index in [4.69, 9.17) is 4.74 Å². The lowest BCUT2D eigenvalue weighted by Crippen LogP contribution is -2.42. The molecule has 156 valence electrons. The summed E-state index contributed by atoms with van der Waals surface area (Å²) < 4.78 is 5.34. The maximum Gasteiger partial charge on any atom is 0.270 e. The van der Waals surface area contributed by atoms with E-state index in [1.807, 2.05) is 35.2 Å². The molecule has 0 radical (unpaired) electrons. The summed E-state index contributed by atoms with van der Waals surface area (Å²) in [6.45, 7) is 6.44. The number of likely N-dealkylation sites (tertiary alicyclic amines) is 1. The number of piperidine rings is 1. The van der Waals surface area contributed by atoms with Crippen molar-refractivity contribution >= 4 is 22.7 Å². The second kappa shape index (κ2) is 9.41. The van der Waals surface area contributed by atoms with Crippen LogP contribution in [-0.4, -0.2) is 79.1 Å². The first-order chi connectivity index (χ1) is 14.2. The first-order valence-electron chi connectivity index (χ1n) is 10.6.